The third-order valence-corrected chi connectivity index (χ3v) is 7.77. The summed E-state index contributed by atoms with van der Waals surface area (Å²) in [6, 6.07) is 12.1. The van der Waals surface area contributed by atoms with E-state index in [0.717, 1.165) is 24.9 Å². The molecule has 0 radical (unpaired) electrons. The molecule has 1 atom stereocenters. The molecule has 170 valence electrons. The number of amides is 3. The first-order chi connectivity index (χ1) is 15.8. The summed E-state index contributed by atoms with van der Waals surface area (Å²) in [4.78, 5) is 42.1. The highest BCUT2D eigenvalue weighted by molar-refractivity contribution is 6.31. The van der Waals surface area contributed by atoms with Gasteiger partial charge in [-0.2, -0.15) is 0 Å². The van der Waals surface area contributed by atoms with Crippen molar-refractivity contribution >= 4 is 46.6 Å². The molecule has 3 aliphatic carbocycles. The average Bonchev–Trinajstić information content (AvgIpc) is 3.11. The van der Waals surface area contributed by atoms with Crippen LogP contribution in [-0.4, -0.2) is 52.9 Å². The third-order valence-electron chi connectivity index (χ3n) is 7.29. The number of ether oxygens (including phenoxy) is 1. The second kappa shape index (κ2) is 7.11. The smallest absolute Gasteiger partial charge is 0.325 e. The molecule has 2 heterocycles. The lowest BCUT2D eigenvalue weighted by molar-refractivity contribution is -0.168. The minimum atomic E-state index is -0.857. The number of Topliss-reactive ketones (excluding diaryl/α,β-unsaturated/α-hetero) is 1. The van der Waals surface area contributed by atoms with Crippen molar-refractivity contribution in [1.82, 2.24) is 10.2 Å². The van der Waals surface area contributed by atoms with Crippen molar-refractivity contribution in [2.75, 3.05) is 18.0 Å². The van der Waals surface area contributed by atoms with Crippen LogP contribution in [0.4, 0.5) is 10.5 Å². The molecule has 3 amide bonds. The van der Waals surface area contributed by atoms with Gasteiger partial charge >= 0.3 is 6.03 Å². The minimum absolute atomic E-state index is 0.00609. The first-order valence-electron chi connectivity index (χ1n) is 10.9. The van der Waals surface area contributed by atoms with Crippen LogP contribution in [0.5, 0.6) is 5.75 Å². The van der Waals surface area contributed by atoms with Crippen LogP contribution in [0.3, 0.4) is 0 Å². The number of ketones is 1. The lowest BCUT2D eigenvalue weighted by atomic mass is 9.43. The number of halogens is 2. The van der Waals surface area contributed by atoms with Gasteiger partial charge in [0.15, 0.2) is 11.9 Å². The van der Waals surface area contributed by atoms with Crippen LogP contribution in [0.15, 0.2) is 42.5 Å². The fourth-order valence-electron chi connectivity index (χ4n) is 5.78. The van der Waals surface area contributed by atoms with E-state index >= 15 is 0 Å². The highest BCUT2D eigenvalue weighted by Crippen LogP contribution is 2.64. The zero-order chi connectivity index (χ0) is 23.0. The van der Waals surface area contributed by atoms with E-state index in [4.69, 9.17) is 27.9 Å². The molecular weight excluding hydrogens is 465 g/mol. The molecule has 2 aromatic rings. The highest BCUT2D eigenvalue weighted by Gasteiger charge is 2.72. The van der Waals surface area contributed by atoms with E-state index in [-0.39, 0.29) is 35.2 Å². The standard InChI is InChI=1S/C24H21Cl2N3O4/c25-14-1-4-16(5-2-14)28-7-8-29(22(28)32)24-11-23(12-24,13-24)27-21(31)20-10-18(30)17-9-15(26)3-6-19(17)33-20/h1-6,9,20H,7-8,10-13H2,(H,27,31)/t20-,23?,24?/m1/s1. The number of hydrogen-bond acceptors (Lipinski definition) is 4. The maximum atomic E-state index is 13.1. The van der Waals surface area contributed by atoms with Crippen molar-refractivity contribution in [2.24, 2.45) is 0 Å². The Balaban J connectivity index is 1.08. The lowest BCUT2D eigenvalue weighted by Gasteiger charge is -2.72. The monoisotopic (exact) mass is 485 g/mol. The largest absolute Gasteiger partial charge is 0.479 e. The normalized spacial score (nSPS) is 29.7. The van der Waals surface area contributed by atoms with Gasteiger partial charge in [-0.1, -0.05) is 23.2 Å². The number of nitrogens with zero attached hydrogens (tertiary/aromatic N) is 2. The molecule has 0 aromatic heterocycles. The molecule has 1 N–H and O–H groups in total. The maximum absolute atomic E-state index is 13.1. The second-order valence-corrected chi connectivity index (χ2v) is 10.3. The number of fused-ring (bicyclic) bond motifs is 1. The Hall–Kier alpha value is -2.77. The number of carbonyl (C=O) groups is 3. The van der Waals surface area contributed by atoms with Gasteiger partial charge in [0.25, 0.3) is 5.91 Å². The first kappa shape index (κ1) is 20.8. The van der Waals surface area contributed by atoms with Gasteiger partial charge < -0.3 is 15.0 Å². The number of hydrogen-bond donors (Lipinski definition) is 1. The predicted octanol–water partition coefficient (Wildman–Crippen LogP) is 4.06. The number of carbonyl (C=O) groups excluding carboxylic acids is 3. The Labute approximate surface area is 200 Å². The summed E-state index contributed by atoms with van der Waals surface area (Å²) in [6.07, 6.45) is 1.29. The number of rotatable bonds is 4. The van der Waals surface area contributed by atoms with E-state index in [2.05, 4.69) is 5.32 Å². The zero-order valence-electron chi connectivity index (χ0n) is 17.6. The number of anilines is 1. The van der Waals surface area contributed by atoms with Crippen molar-refractivity contribution in [3.8, 4) is 5.75 Å². The SMILES string of the molecule is O=C1C[C@H](C(=O)NC23CC(N4CCN(c5ccc(Cl)cc5)C4=O)(C2)C3)Oc2ccc(Cl)cc21. The van der Waals surface area contributed by atoms with Gasteiger partial charge in [-0.25, -0.2) is 4.79 Å². The molecule has 33 heavy (non-hydrogen) atoms. The van der Waals surface area contributed by atoms with Crippen molar-refractivity contribution in [3.63, 3.8) is 0 Å². The van der Waals surface area contributed by atoms with Crippen LogP contribution in [0.25, 0.3) is 0 Å². The maximum Gasteiger partial charge on any atom is 0.325 e. The van der Waals surface area contributed by atoms with Gasteiger partial charge in [0.1, 0.15) is 5.75 Å². The number of urea groups is 1. The van der Waals surface area contributed by atoms with E-state index in [1.54, 1.807) is 35.2 Å². The Morgan fingerprint density at radius 3 is 2.42 bits per heavy atom. The molecule has 5 aliphatic rings. The highest BCUT2D eigenvalue weighted by atomic mass is 35.5. The molecule has 2 aromatic carbocycles. The van der Waals surface area contributed by atoms with Gasteiger partial charge in [0, 0.05) is 34.4 Å². The topological polar surface area (TPSA) is 79.0 Å². The van der Waals surface area contributed by atoms with Gasteiger partial charge in [-0.15, -0.1) is 0 Å². The second-order valence-electron chi connectivity index (χ2n) is 9.46. The number of nitrogens with one attached hydrogen (secondary N) is 1. The fourth-order valence-corrected chi connectivity index (χ4v) is 6.07. The third kappa shape index (κ3) is 3.21. The molecule has 2 bridgehead atoms. The predicted molar refractivity (Wildman–Crippen MR) is 123 cm³/mol. The van der Waals surface area contributed by atoms with E-state index in [0.29, 0.717) is 34.4 Å². The number of benzene rings is 2. The van der Waals surface area contributed by atoms with Crippen LogP contribution in [0.1, 0.15) is 36.0 Å². The Morgan fingerprint density at radius 2 is 1.70 bits per heavy atom. The molecule has 7 rings (SSSR count). The van der Waals surface area contributed by atoms with Gasteiger partial charge in [0.05, 0.1) is 17.5 Å². The van der Waals surface area contributed by atoms with Gasteiger partial charge in [-0.3, -0.25) is 14.5 Å². The summed E-state index contributed by atoms with van der Waals surface area (Å²) in [6.45, 7) is 1.29. The van der Waals surface area contributed by atoms with Crippen LogP contribution in [0, 0.1) is 0 Å². The molecule has 1 saturated heterocycles. The molecule has 2 aliphatic heterocycles. The Morgan fingerprint density at radius 1 is 1.00 bits per heavy atom. The zero-order valence-corrected chi connectivity index (χ0v) is 19.2. The summed E-state index contributed by atoms with van der Waals surface area (Å²) in [5.74, 6) is -0.0551. The minimum Gasteiger partial charge on any atom is -0.479 e. The van der Waals surface area contributed by atoms with E-state index in [1.165, 1.54) is 0 Å². The molecule has 7 nitrogen and oxygen atoms in total. The summed E-state index contributed by atoms with van der Waals surface area (Å²) in [5, 5.41) is 4.19. The van der Waals surface area contributed by atoms with Crippen LogP contribution in [-0.2, 0) is 4.79 Å². The molecular formula is C24H21Cl2N3O4. The Bertz CT molecular complexity index is 1180. The molecule has 0 spiro atoms. The first-order valence-corrected chi connectivity index (χ1v) is 11.7. The molecule has 0 unspecified atom stereocenters. The van der Waals surface area contributed by atoms with Crippen LogP contribution < -0.4 is 15.0 Å². The van der Waals surface area contributed by atoms with Crippen molar-refractivity contribution in [1.29, 1.82) is 0 Å². The van der Waals surface area contributed by atoms with Crippen molar-refractivity contribution < 1.29 is 19.1 Å². The van der Waals surface area contributed by atoms with Crippen molar-refractivity contribution in [3.05, 3.63) is 58.1 Å². The van der Waals surface area contributed by atoms with Crippen molar-refractivity contribution in [2.45, 2.75) is 42.9 Å². The summed E-state index contributed by atoms with van der Waals surface area (Å²) in [5.41, 5.74) is 0.728. The Kier molecular flexibility index (Phi) is 4.48. The quantitative estimate of drug-likeness (QED) is 0.707. The molecule has 9 heteroatoms. The molecule has 4 fully saturated rings. The molecule has 3 saturated carbocycles. The van der Waals surface area contributed by atoms with Crippen LogP contribution in [0.2, 0.25) is 10.0 Å². The van der Waals surface area contributed by atoms with E-state index in [1.807, 2.05) is 17.0 Å². The summed E-state index contributed by atoms with van der Waals surface area (Å²) >= 11 is 11.9. The van der Waals surface area contributed by atoms with E-state index < -0.39 is 6.10 Å². The summed E-state index contributed by atoms with van der Waals surface area (Å²) in [7, 11) is 0. The van der Waals surface area contributed by atoms with Gasteiger partial charge in [-0.05, 0) is 61.7 Å². The van der Waals surface area contributed by atoms with Gasteiger partial charge in [0.2, 0.25) is 0 Å². The van der Waals surface area contributed by atoms with E-state index in [9.17, 15) is 14.4 Å². The average molecular weight is 486 g/mol. The summed E-state index contributed by atoms with van der Waals surface area (Å²) < 4.78 is 5.79. The lowest BCUT2D eigenvalue weighted by Crippen LogP contribution is -2.84. The fraction of sp³-hybridized carbons (Fsp3) is 0.375. The van der Waals surface area contributed by atoms with Crippen LogP contribution >= 0.6 is 23.2 Å².